The monoisotopic (exact) mass is 447 g/mol. The fourth-order valence-electron chi connectivity index (χ4n) is 3.27. The van der Waals surface area contributed by atoms with Gasteiger partial charge in [-0.2, -0.15) is 0 Å². The Hall–Kier alpha value is -3.85. The molecule has 0 N–H and O–H groups in total. The molecule has 0 aliphatic heterocycles. The van der Waals surface area contributed by atoms with Crippen LogP contribution in [-0.4, -0.2) is 31.9 Å². The molecular weight excluding hydrogens is 426 g/mol. The second-order valence-corrected chi connectivity index (χ2v) is 8.31. The minimum absolute atomic E-state index is 0.0154. The third kappa shape index (κ3) is 5.06. The van der Waals surface area contributed by atoms with Gasteiger partial charge in [0, 0.05) is 43.7 Å². The number of nitro benzene ring substituents is 1. The number of amides is 1. The van der Waals surface area contributed by atoms with Gasteiger partial charge >= 0.3 is 0 Å². The largest absolute Gasteiger partial charge is 0.337 e. The number of aromatic nitrogens is 3. The topological polar surface area (TPSA) is 94.2 Å². The van der Waals surface area contributed by atoms with E-state index in [0.717, 1.165) is 28.7 Å². The van der Waals surface area contributed by atoms with Crippen molar-refractivity contribution in [1.29, 1.82) is 0 Å². The summed E-state index contributed by atoms with van der Waals surface area (Å²) >= 11 is 1.48. The number of carbonyl (C=O) groups excluding carboxylic acids is 1. The van der Waals surface area contributed by atoms with Crippen molar-refractivity contribution < 1.29 is 9.72 Å². The normalized spacial score (nSPS) is 11.3. The summed E-state index contributed by atoms with van der Waals surface area (Å²) < 4.78 is 2.98. The average Bonchev–Trinajstić information content (AvgIpc) is 3.44. The summed E-state index contributed by atoms with van der Waals surface area (Å²) in [5.74, 6) is -0.224. The van der Waals surface area contributed by atoms with E-state index in [1.807, 2.05) is 29.8 Å². The van der Waals surface area contributed by atoms with Crippen LogP contribution in [0.2, 0.25) is 0 Å². The quantitative estimate of drug-likeness (QED) is 0.219. The molecule has 32 heavy (non-hydrogen) atoms. The number of nitro groups is 1. The molecule has 162 valence electrons. The third-order valence-corrected chi connectivity index (χ3v) is 5.93. The maximum absolute atomic E-state index is 13.1. The molecule has 0 radical (unpaired) electrons. The predicted molar refractivity (Wildman–Crippen MR) is 126 cm³/mol. The fraction of sp³-hybridized carbons (Fsp3) is 0.174. The first-order chi connectivity index (χ1) is 15.5. The number of imidazole rings is 1. The fourth-order valence-corrected chi connectivity index (χ4v) is 4.36. The SMILES string of the molecule is Cc1ccc2nc(N(CCCn3ccnc3)C(=O)/C=C/c3cccc([N+](=O)[O-])c3)sc2c1. The van der Waals surface area contributed by atoms with Crippen molar-refractivity contribution in [1.82, 2.24) is 14.5 Å². The maximum atomic E-state index is 13.1. The van der Waals surface area contributed by atoms with E-state index in [4.69, 9.17) is 0 Å². The molecule has 0 saturated carbocycles. The molecule has 4 aromatic rings. The number of hydrogen-bond donors (Lipinski definition) is 0. The van der Waals surface area contributed by atoms with Crippen LogP contribution in [0.1, 0.15) is 17.5 Å². The predicted octanol–water partition coefficient (Wildman–Crippen LogP) is 4.85. The smallest absolute Gasteiger partial charge is 0.270 e. The maximum Gasteiger partial charge on any atom is 0.270 e. The number of aryl methyl sites for hydroxylation is 2. The van der Waals surface area contributed by atoms with Crippen LogP contribution in [0, 0.1) is 17.0 Å². The number of nitrogens with zero attached hydrogens (tertiary/aromatic N) is 5. The van der Waals surface area contributed by atoms with Gasteiger partial charge in [-0.1, -0.05) is 29.5 Å². The lowest BCUT2D eigenvalue weighted by molar-refractivity contribution is -0.384. The van der Waals surface area contributed by atoms with Gasteiger partial charge in [-0.05, 0) is 42.7 Å². The molecule has 0 atom stereocenters. The standard InChI is InChI=1S/C23H21N5O3S/c1-17-6-8-20-21(14-17)32-23(25-20)27(12-3-11-26-13-10-24-16-26)22(29)9-7-18-4-2-5-19(15-18)28(30)31/h2,4-10,13-16H,3,11-12H2,1H3/b9-7+. The van der Waals surface area contributed by atoms with Gasteiger partial charge in [0.05, 0.1) is 21.5 Å². The zero-order chi connectivity index (χ0) is 22.5. The van der Waals surface area contributed by atoms with Crippen molar-refractivity contribution in [2.45, 2.75) is 19.9 Å². The molecular formula is C23H21N5O3S. The number of benzene rings is 2. The van der Waals surface area contributed by atoms with Gasteiger partial charge in [-0.25, -0.2) is 9.97 Å². The van der Waals surface area contributed by atoms with Crippen LogP contribution in [0.5, 0.6) is 0 Å². The molecule has 0 aliphatic carbocycles. The van der Waals surface area contributed by atoms with Crippen molar-refractivity contribution in [3.05, 3.63) is 88.5 Å². The number of anilines is 1. The highest BCUT2D eigenvalue weighted by atomic mass is 32.1. The molecule has 0 spiro atoms. The van der Waals surface area contributed by atoms with Crippen LogP contribution in [0.4, 0.5) is 10.8 Å². The number of thiazole rings is 1. The second-order valence-electron chi connectivity index (χ2n) is 7.30. The van der Waals surface area contributed by atoms with Gasteiger partial charge in [-0.3, -0.25) is 19.8 Å². The van der Waals surface area contributed by atoms with E-state index in [1.165, 1.54) is 29.5 Å². The van der Waals surface area contributed by atoms with Crippen molar-refractivity contribution in [3.8, 4) is 0 Å². The van der Waals surface area contributed by atoms with Crippen molar-refractivity contribution in [2.75, 3.05) is 11.4 Å². The molecule has 2 aromatic heterocycles. The highest BCUT2D eigenvalue weighted by Crippen LogP contribution is 2.30. The van der Waals surface area contributed by atoms with Crippen molar-refractivity contribution >= 4 is 44.4 Å². The lowest BCUT2D eigenvalue weighted by atomic mass is 10.2. The first kappa shape index (κ1) is 21.4. The van der Waals surface area contributed by atoms with Crippen LogP contribution < -0.4 is 4.90 Å². The molecule has 0 aliphatic rings. The van der Waals surface area contributed by atoms with E-state index in [-0.39, 0.29) is 11.6 Å². The Morgan fingerprint density at radius 3 is 2.94 bits per heavy atom. The van der Waals surface area contributed by atoms with E-state index >= 15 is 0 Å². The number of hydrogen-bond acceptors (Lipinski definition) is 6. The number of carbonyl (C=O) groups is 1. The molecule has 4 rings (SSSR count). The van der Waals surface area contributed by atoms with Crippen LogP contribution in [0.15, 0.2) is 67.3 Å². The van der Waals surface area contributed by atoms with Crippen LogP contribution in [-0.2, 0) is 11.3 Å². The summed E-state index contributed by atoms with van der Waals surface area (Å²) in [7, 11) is 0. The van der Waals surface area contributed by atoms with Crippen LogP contribution >= 0.6 is 11.3 Å². The van der Waals surface area contributed by atoms with E-state index in [0.29, 0.717) is 17.2 Å². The van der Waals surface area contributed by atoms with Gasteiger partial charge in [0.15, 0.2) is 5.13 Å². The van der Waals surface area contributed by atoms with E-state index in [9.17, 15) is 14.9 Å². The molecule has 0 unspecified atom stereocenters. The van der Waals surface area contributed by atoms with Gasteiger partial charge in [0.2, 0.25) is 0 Å². The molecule has 2 aromatic carbocycles. The summed E-state index contributed by atoms with van der Waals surface area (Å²) in [6.07, 6.45) is 9.11. The molecule has 9 heteroatoms. The first-order valence-electron chi connectivity index (χ1n) is 10.1. The molecule has 0 bridgehead atoms. The van der Waals surface area contributed by atoms with Gasteiger partial charge in [0.1, 0.15) is 0 Å². The molecule has 0 fully saturated rings. The summed E-state index contributed by atoms with van der Waals surface area (Å²) in [6.45, 7) is 3.23. The summed E-state index contributed by atoms with van der Waals surface area (Å²) in [5.41, 5.74) is 2.56. The Labute approximate surface area is 188 Å². The minimum Gasteiger partial charge on any atom is -0.337 e. The Morgan fingerprint density at radius 1 is 1.28 bits per heavy atom. The number of fused-ring (bicyclic) bond motifs is 1. The highest BCUT2D eigenvalue weighted by Gasteiger charge is 2.18. The lowest BCUT2D eigenvalue weighted by Gasteiger charge is -2.18. The average molecular weight is 448 g/mol. The molecule has 2 heterocycles. The Kier molecular flexibility index (Phi) is 6.37. The Morgan fingerprint density at radius 2 is 2.16 bits per heavy atom. The number of rotatable bonds is 8. The van der Waals surface area contributed by atoms with Crippen LogP contribution in [0.3, 0.4) is 0 Å². The Bertz CT molecular complexity index is 1280. The third-order valence-electron chi connectivity index (χ3n) is 4.89. The zero-order valence-corrected chi connectivity index (χ0v) is 18.2. The first-order valence-corrected chi connectivity index (χ1v) is 10.9. The van der Waals surface area contributed by atoms with Gasteiger partial charge < -0.3 is 4.57 Å². The van der Waals surface area contributed by atoms with Crippen molar-refractivity contribution in [2.24, 2.45) is 0 Å². The summed E-state index contributed by atoms with van der Waals surface area (Å²) in [6, 6.07) is 12.2. The summed E-state index contributed by atoms with van der Waals surface area (Å²) in [5, 5.41) is 11.6. The summed E-state index contributed by atoms with van der Waals surface area (Å²) in [4.78, 5) is 34.0. The van der Waals surface area contributed by atoms with Gasteiger partial charge in [0.25, 0.3) is 11.6 Å². The molecule has 8 nitrogen and oxygen atoms in total. The van der Waals surface area contributed by atoms with E-state index in [1.54, 1.807) is 35.6 Å². The molecule has 0 saturated heterocycles. The second kappa shape index (κ2) is 9.52. The lowest BCUT2D eigenvalue weighted by Crippen LogP contribution is -2.30. The van der Waals surface area contributed by atoms with E-state index < -0.39 is 4.92 Å². The molecule has 1 amide bonds. The Balaban J connectivity index is 1.57. The van der Waals surface area contributed by atoms with Crippen LogP contribution in [0.25, 0.3) is 16.3 Å². The van der Waals surface area contributed by atoms with Gasteiger partial charge in [-0.15, -0.1) is 0 Å². The number of non-ortho nitro benzene ring substituents is 1. The van der Waals surface area contributed by atoms with E-state index in [2.05, 4.69) is 16.0 Å². The van der Waals surface area contributed by atoms with Crippen molar-refractivity contribution in [3.63, 3.8) is 0 Å². The highest BCUT2D eigenvalue weighted by molar-refractivity contribution is 7.22. The zero-order valence-electron chi connectivity index (χ0n) is 17.4. The minimum atomic E-state index is -0.454.